The van der Waals surface area contributed by atoms with E-state index in [-0.39, 0.29) is 6.61 Å². The lowest BCUT2D eigenvalue weighted by atomic mass is 10.6. The lowest BCUT2D eigenvalue weighted by Crippen LogP contribution is -2.15. The van der Waals surface area contributed by atoms with Crippen molar-refractivity contribution >= 4 is 21.9 Å². The molecule has 0 heterocycles. The minimum atomic E-state index is -0.459. The van der Waals surface area contributed by atoms with Gasteiger partial charge in [-0.3, -0.25) is 0 Å². The standard InChI is InChI=1S/C29H55BrO14/c1-2-29(31)44-28-27-43-26-25-42-24-23-41-22-21-40-20-19-39-18-17-38-16-15-37-14-13-36-12-11-35-10-9-34-8-7-33-6-5-32-4-3-30/h2H,1,3-28H2. The van der Waals surface area contributed by atoms with Crippen LogP contribution < -0.4 is 0 Å². The highest BCUT2D eigenvalue weighted by molar-refractivity contribution is 9.09. The molecule has 0 aromatic rings. The van der Waals surface area contributed by atoms with Gasteiger partial charge in [0.05, 0.1) is 159 Å². The molecule has 0 aromatic carbocycles. The van der Waals surface area contributed by atoms with Gasteiger partial charge < -0.3 is 61.6 Å². The highest BCUT2D eigenvalue weighted by atomic mass is 79.9. The fourth-order valence-corrected chi connectivity index (χ4v) is 3.06. The van der Waals surface area contributed by atoms with Gasteiger partial charge in [-0.1, -0.05) is 22.5 Å². The second kappa shape index (κ2) is 40.2. The third-order valence-electron chi connectivity index (χ3n) is 4.95. The normalized spacial score (nSPS) is 11.3. The van der Waals surface area contributed by atoms with Gasteiger partial charge in [0.1, 0.15) is 6.61 Å². The third-order valence-corrected chi connectivity index (χ3v) is 5.28. The Balaban J connectivity index is 3.05. The van der Waals surface area contributed by atoms with E-state index in [2.05, 4.69) is 22.5 Å². The fraction of sp³-hybridized carbons (Fsp3) is 0.897. The van der Waals surface area contributed by atoms with E-state index in [0.29, 0.717) is 159 Å². The van der Waals surface area contributed by atoms with Crippen LogP contribution in [-0.4, -0.2) is 176 Å². The number of hydrogen-bond acceptors (Lipinski definition) is 14. The van der Waals surface area contributed by atoms with Gasteiger partial charge in [0.15, 0.2) is 0 Å². The summed E-state index contributed by atoms with van der Waals surface area (Å²) >= 11 is 3.30. The van der Waals surface area contributed by atoms with Crippen molar-refractivity contribution < 1.29 is 66.4 Å². The second-order valence-electron chi connectivity index (χ2n) is 8.41. The Morgan fingerprint density at radius 2 is 0.545 bits per heavy atom. The molecule has 0 amide bonds. The van der Waals surface area contributed by atoms with Crippen LogP contribution in [0.5, 0.6) is 0 Å². The fourth-order valence-electron chi connectivity index (χ4n) is 2.84. The molecular formula is C29H55BrO14. The SMILES string of the molecule is C=CC(=O)OCCOCCOCCOCCOCCOCCOCCOCCOCCOCCOCCOCCOCCBr. The predicted octanol–water partition coefficient (Wildman–Crippen LogP) is 1.31. The van der Waals surface area contributed by atoms with E-state index in [0.717, 1.165) is 11.4 Å². The number of carbonyl (C=O) groups excluding carboxylic acids is 1. The number of ether oxygens (including phenoxy) is 13. The van der Waals surface area contributed by atoms with Crippen molar-refractivity contribution in [1.29, 1.82) is 0 Å². The van der Waals surface area contributed by atoms with Crippen molar-refractivity contribution in [2.75, 3.05) is 171 Å². The molecule has 0 aliphatic carbocycles. The Bertz CT molecular complexity index is 576. The zero-order valence-electron chi connectivity index (χ0n) is 26.3. The Labute approximate surface area is 271 Å². The molecule has 0 rings (SSSR count). The van der Waals surface area contributed by atoms with Gasteiger partial charge in [0.2, 0.25) is 0 Å². The van der Waals surface area contributed by atoms with Crippen molar-refractivity contribution in [1.82, 2.24) is 0 Å². The first kappa shape index (κ1) is 43.2. The zero-order valence-corrected chi connectivity index (χ0v) is 27.8. The van der Waals surface area contributed by atoms with E-state index in [1.54, 1.807) is 0 Å². The number of carbonyl (C=O) groups is 1. The van der Waals surface area contributed by atoms with Crippen LogP contribution in [0.2, 0.25) is 0 Å². The third kappa shape index (κ3) is 39.2. The molecular weight excluding hydrogens is 652 g/mol. The van der Waals surface area contributed by atoms with Crippen molar-refractivity contribution in [3.8, 4) is 0 Å². The summed E-state index contributed by atoms with van der Waals surface area (Å²) in [6.45, 7) is 15.6. The molecule has 0 saturated heterocycles. The lowest BCUT2D eigenvalue weighted by molar-refractivity contribution is -0.139. The van der Waals surface area contributed by atoms with Crippen LogP contribution >= 0.6 is 15.9 Å². The van der Waals surface area contributed by atoms with Crippen LogP contribution in [0, 0.1) is 0 Å². The van der Waals surface area contributed by atoms with E-state index in [4.69, 9.17) is 61.6 Å². The van der Waals surface area contributed by atoms with E-state index in [9.17, 15) is 4.79 Å². The van der Waals surface area contributed by atoms with Gasteiger partial charge >= 0.3 is 5.97 Å². The molecule has 0 radical (unpaired) electrons. The summed E-state index contributed by atoms with van der Waals surface area (Å²) in [4.78, 5) is 10.8. The quantitative estimate of drug-likeness (QED) is 0.0393. The van der Waals surface area contributed by atoms with Crippen LogP contribution in [0.3, 0.4) is 0 Å². The molecule has 0 saturated carbocycles. The van der Waals surface area contributed by atoms with E-state index < -0.39 is 5.97 Å². The summed E-state index contributed by atoms with van der Waals surface area (Å²) in [5.41, 5.74) is 0. The molecule has 0 unspecified atom stereocenters. The number of esters is 1. The Morgan fingerprint density at radius 3 is 0.727 bits per heavy atom. The van der Waals surface area contributed by atoms with E-state index in [1.807, 2.05) is 0 Å². The van der Waals surface area contributed by atoms with Crippen molar-refractivity contribution in [2.45, 2.75) is 0 Å². The van der Waals surface area contributed by atoms with Crippen molar-refractivity contribution in [3.05, 3.63) is 12.7 Å². The summed E-state index contributed by atoms with van der Waals surface area (Å²) in [6.07, 6.45) is 1.11. The highest BCUT2D eigenvalue weighted by Crippen LogP contribution is 1.88. The Kier molecular flexibility index (Phi) is 39.5. The lowest BCUT2D eigenvalue weighted by Gasteiger charge is -2.09. The predicted molar refractivity (Wildman–Crippen MR) is 165 cm³/mol. The molecule has 0 bridgehead atoms. The maximum Gasteiger partial charge on any atom is 0.330 e. The summed E-state index contributed by atoms with van der Waals surface area (Å²) in [5.74, 6) is -0.459. The topological polar surface area (TPSA) is 137 Å². The number of halogens is 1. The van der Waals surface area contributed by atoms with Gasteiger partial charge in [0, 0.05) is 11.4 Å². The van der Waals surface area contributed by atoms with Crippen molar-refractivity contribution in [3.63, 3.8) is 0 Å². The molecule has 0 fully saturated rings. The first-order valence-corrected chi connectivity index (χ1v) is 16.2. The average molecular weight is 708 g/mol. The molecule has 14 nitrogen and oxygen atoms in total. The van der Waals surface area contributed by atoms with Gasteiger partial charge in [-0.05, 0) is 0 Å². The van der Waals surface area contributed by atoms with Crippen LogP contribution in [0.1, 0.15) is 0 Å². The minimum absolute atomic E-state index is 0.198. The Morgan fingerprint density at radius 1 is 0.364 bits per heavy atom. The summed E-state index contributed by atoms with van der Waals surface area (Å²) in [7, 11) is 0. The van der Waals surface area contributed by atoms with E-state index in [1.165, 1.54) is 0 Å². The molecule has 15 heteroatoms. The monoisotopic (exact) mass is 706 g/mol. The van der Waals surface area contributed by atoms with Gasteiger partial charge in [-0.25, -0.2) is 4.79 Å². The van der Waals surface area contributed by atoms with Crippen LogP contribution in [0.25, 0.3) is 0 Å². The summed E-state index contributed by atoms with van der Waals surface area (Å²) in [6, 6.07) is 0. The molecule has 0 aliphatic heterocycles. The molecule has 0 aliphatic rings. The first-order valence-electron chi connectivity index (χ1n) is 15.1. The average Bonchev–Trinajstić information content (AvgIpc) is 3.04. The van der Waals surface area contributed by atoms with Crippen LogP contribution in [-0.2, 0) is 66.4 Å². The number of hydrogen-bond donors (Lipinski definition) is 0. The van der Waals surface area contributed by atoms with Gasteiger partial charge in [0.25, 0.3) is 0 Å². The van der Waals surface area contributed by atoms with Crippen LogP contribution in [0.15, 0.2) is 12.7 Å². The maximum absolute atomic E-state index is 10.8. The Hall–Kier alpha value is -0.790. The smallest absolute Gasteiger partial charge is 0.330 e. The van der Waals surface area contributed by atoms with Gasteiger partial charge in [-0.2, -0.15) is 0 Å². The van der Waals surface area contributed by atoms with Crippen molar-refractivity contribution in [2.24, 2.45) is 0 Å². The number of alkyl halides is 1. The minimum Gasteiger partial charge on any atom is -0.460 e. The molecule has 0 spiro atoms. The highest BCUT2D eigenvalue weighted by Gasteiger charge is 1.97. The molecule has 44 heavy (non-hydrogen) atoms. The second-order valence-corrected chi connectivity index (χ2v) is 9.20. The van der Waals surface area contributed by atoms with Gasteiger partial charge in [-0.15, -0.1) is 0 Å². The van der Waals surface area contributed by atoms with Crippen LogP contribution in [0.4, 0.5) is 0 Å². The largest absolute Gasteiger partial charge is 0.460 e. The molecule has 262 valence electrons. The molecule has 0 N–H and O–H groups in total. The van der Waals surface area contributed by atoms with E-state index >= 15 is 0 Å². The summed E-state index contributed by atoms with van der Waals surface area (Å²) < 4.78 is 69.7. The summed E-state index contributed by atoms with van der Waals surface area (Å²) in [5, 5.41) is 0.834. The first-order chi connectivity index (χ1) is 21.8. The molecule has 0 atom stereocenters. The zero-order chi connectivity index (χ0) is 31.9. The molecule has 0 aromatic heterocycles. The number of rotatable bonds is 39. The maximum atomic E-state index is 10.8.